The van der Waals surface area contributed by atoms with E-state index in [-0.39, 0.29) is 17.9 Å². The smallest absolute Gasteiger partial charge is 0.227 e. The molecule has 1 saturated heterocycles. The molecule has 1 fully saturated rings. The maximum absolute atomic E-state index is 11.9. The second kappa shape index (κ2) is 4.44. The number of carbonyl (C=O) groups excluding carboxylic acids is 1. The monoisotopic (exact) mass is 238 g/mol. The molecular weight excluding hydrogens is 224 g/mol. The second-order valence-corrected chi connectivity index (χ2v) is 4.62. The van der Waals surface area contributed by atoms with Crippen molar-refractivity contribution in [3.8, 4) is 0 Å². The van der Waals surface area contributed by atoms with Crippen molar-refractivity contribution in [3.05, 3.63) is 29.3 Å². The van der Waals surface area contributed by atoms with Crippen LogP contribution in [0.3, 0.4) is 0 Å². The Balaban J connectivity index is 2.27. The molecule has 0 saturated carbocycles. The number of rotatable bonds is 2. The lowest BCUT2D eigenvalue weighted by Gasteiger charge is -2.24. The van der Waals surface area contributed by atoms with Gasteiger partial charge in [-0.2, -0.15) is 0 Å². The molecule has 1 aliphatic heterocycles. The van der Waals surface area contributed by atoms with Gasteiger partial charge in [0.15, 0.2) is 0 Å². The number of benzene rings is 1. The number of hydrogen-bond donors (Lipinski definition) is 1. The quantitative estimate of drug-likeness (QED) is 0.857. The van der Waals surface area contributed by atoms with E-state index >= 15 is 0 Å². The Morgan fingerprint density at radius 3 is 2.56 bits per heavy atom. The van der Waals surface area contributed by atoms with Crippen molar-refractivity contribution in [2.75, 3.05) is 11.4 Å². The maximum atomic E-state index is 11.9. The van der Waals surface area contributed by atoms with Gasteiger partial charge in [0.25, 0.3) is 0 Å². The van der Waals surface area contributed by atoms with Crippen molar-refractivity contribution in [2.24, 2.45) is 11.7 Å². The van der Waals surface area contributed by atoms with Gasteiger partial charge in [0.1, 0.15) is 0 Å². The topological polar surface area (TPSA) is 46.3 Å². The summed E-state index contributed by atoms with van der Waals surface area (Å²) in [5.41, 5.74) is 6.55. The van der Waals surface area contributed by atoms with E-state index < -0.39 is 0 Å². The van der Waals surface area contributed by atoms with Crippen molar-refractivity contribution in [3.63, 3.8) is 0 Å². The van der Waals surface area contributed by atoms with Crippen LogP contribution in [0.5, 0.6) is 0 Å². The highest BCUT2D eigenvalue weighted by Crippen LogP contribution is 2.30. The van der Waals surface area contributed by atoms with Crippen LogP contribution < -0.4 is 10.6 Å². The summed E-state index contributed by atoms with van der Waals surface area (Å²) in [5, 5.41) is 0.679. The van der Waals surface area contributed by atoms with Gasteiger partial charge in [-0.3, -0.25) is 4.79 Å². The largest absolute Gasteiger partial charge is 0.330 e. The normalized spacial score (nSPS) is 25.2. The highest BCUT2D eigenvalue weighted by atomic mass is 35.5. The Labute approximate surface area is 100 Å². The average Bonchev–Trinajstić information content (AvgIpc) is 2.56. The number of amides is 1. The van der Waals surface area contributed by atoms with E-state index in [4.69, 9.17) is 17.3 Å². The SMILES string of the molecule is CC1C(CN)CC(=O)N1c1ccc(Cl)cc1. The summed E-state index contributed by atoms with van der Waals surface area (Å²) in [6.07, 6.45) is 0.542. The van der Waals surface area contributed by atoms with E-state index in [0.717, 1.165) is 5.69 Å². The van der Waals surface area contributed by atoms with Crippen LogP contribution in [0.15, 0.2) is 24.3 Å². The zero-order valence-electron chi connectivity index (χ0n) is 9.19. The molecule has 1 amide bonds. The number of halogens is 1. The summed E-state index contributed by atoms with van der Waals surface area (Å²) >= 11 is 5.82. The molecule has 0 aliphatic carbocycles. The lowest BCUT2D eigenvalue weighted by atomic mass is 10.0. The molecule has 0 aromatic heterocycles. The molecule has 1 heterocycles. The van der Waals surface area contributed by atoms with Crippen molar-refractivity contribution in [2.45, 2.75) is 19.4 Å². The van der Waals surface area contributed by atoms with Gasteiger partial charge in [0.05, 0.1) is 0 Å². The zero-order chi connectivity index (χ0) is 11.7. The van der Waals surface area contributed by atoms with Gasteiger partial charge in [0, 0.05) is 29.1 Å². The van der Waals surface area contributed by atoms with Gasteiger partial charge in [-0.05, 0) is 37.7 Å². The van der Waals surface area contributed by atoms with Crippen LogP contribution in [0.25, 0.3) is 0 Å². The number of anilines is 1. The van der Waals surface area contributed by atoms with Gasteiger partial charge in [-0.25, -0.2) is 0 Å². The highest BCUT2D eigenvalue weighted by molar-refractivity contribution is 6.30. The van der Waals surface area contributed by atoms with Gasteiger partial charge in [-0.15, -0.1) is 0 Å². The van der Waals surface area contributed by atoms with Crippen LogP contribution in [0.1, 0.15) is 13.3 Å². The van der Waals surface area contributed by atoms with Crippen molar-refractivity contribution >= 4 is 23.2 Å². The summed E-state index contributed by atoms with van der Waals surface area (Å²) in [6, 6.07) is 7.50. The van der Waals surface area contributed by atoms with E-state index in [1.165, 1.54) is 0 Å². The number of carbonyl (C=O) groups is 1. The Kier molecular flexibility index (Phi) is 3.17. The van der Waals surface area contributed by atoms with Crippen LogP contribution in [0.4, 0.5) is 5.69 Å². The lowest BCUT2D eigenvalue weighted by Crippen LogP contribution is -2.34. The summed E-state index contributed by atoms with van der Waals surface area (Å²) in [7, 11) is 0. The average molecular weight is 239 g/mol. The first-order chi connectivity index (χ1) is 7.63. The van der Waals surface area contributed by atoms with Crippen LogP contribution in [-0.2, 0) is 4.79 Å². The third-order valence-corrected chi connectivity index (χ3v) is 3.45. The van der Waals surface area contributed by atoms with Gasteiger partial charge in [-0.1, -0.05) is 11.6 Å². The first kappa shape index (κ1) is 11.4. The van der Waals surface area contributed by atoms with Crippen LogP contribution in [0, 0.1) is 5.92 Å². The van der Waals surface area contributed by atoms with Crippen molar-refractivity contribution < 1.29 is 4.79 Å². The van der Waals surface area contributed by atoms with E-state index in [0.29, 0.717) is 18.0 Å². The first-order valence-electron chi connectivity index (χ1n) is 5.41. The molecular formula is C12H15ClN2O. The van der Waals surface area contributed by atoms with Crippen LogP contribution in [0.2, 0.25) is 5.02 Å². The number of hydrogen-bond acceptors (Lipinski definition) is 2. The predicted molar refractivity (Wildman–Crippen MR) is 65.6 cm³/mol. The standard InChI is InChI=1S/C12H15ClN2O/c1-8-9(7-14)6-12(16)15(8)11-4-2-10(13)3-5-11/h2-5,8-9H,6-7,14H2,1H3. The third kappa shape index (κ3) is 1.93. The minimum atomic E-state index is 0.144. The van der Waals surface area contributed by atoms with E-state index in [1.807, 2.05) is 24.0 Å². The Morgan fingerprint density at radius 2 is 2.06 bits per heavy atom. The van der Waals surface area contributed by atoms with Crippen molar-refractivity contribution in [1.82, 2.24) is 0 Å². The zero-order valence-corrected chi connectivity index (χ0v) is 9.95. The van der Waals surface area contributed by atoms with Gasteiger partial charge < -0.3 is 10.6 Å². The Hall–Kier alpha value is -1.06. The summed E-state index contributed by atoms with van der Waals surface area (Å²) < 4.78 is 0. The summed E-state index contributed by atoms with van der Waals surface area (Å²) in [4.78, 5) is 13.7. The minimum absolute atomic E-state index is 0.144. The molecule has 3 nitrogen and oxygen atoms in total. The molecule has 4 heteroatoms. The lowest BCUT2D eigenvalue weighted by molar-refractivity contribution is -0.117. The molecule has 0 radical (unpaired) electrons. The van der Waals surface area contributed by atoms with Crippen LogP contribution in [-0.4, -0.2) is 18.5 Å². The van der Waals surface area contributed by atoms with Gasteiger partial charge in [0.2, 0.25) is 5.91 Å². The Bertz CT molecular complexity index is 391. The van der Waals surface area contributed by atoms with E-state index in [2.05, 4.69) is 0 Å². The first-order valence-corrected chi connectivity index (χ1v) is 5.79. The molecule has 86 valence electrons. The fourth-order valence-electron chi connectivity index (χ4n) is 2.19. The summed E-state index contributed by atoms with van der Waals surface area (Å²) in [5.74, 6) is 0.397. The number of nitrogens with two attached hydrogens (primary N) is 1. The van der Waals surface area contributed by atoms with Crippen molar-refractivity contribution in [1.29, 1.82) is 0 Å². The molecule has 0 bridgehead atoms. The van der Waals surface area contributed by atoms with E-state index in [9.17, 15) is 4.79 Å². The molecule has 1 aliphatic rings. The molecule has 1 aromatic carbocycles. The maximum Gasteiger partial charge on any atom is 0.227 e. The molecule has 2 N–H and O–H groups in total. The fraction of sp³-hybridized carbons (Fsp3) is 0.417. The minimum Gasteiger partial charge on any atom is -0.330 e. The molecule has 2 rings (SSSR count). The fourth-order valence-corrected chi connectivity index (χ4v) is 2.32. The molecule has 0 spiro atoms. The molecule has 2 unspecified atom stereocenters. The number of nitrogens with zero attached hydrogens (tertiary/aromatic N) is 1. The van der Waals surface area contributed by atoms with Crippen LogP contribution >= 0.6 is 11.6 Å². The van der Waals surface area contributed by atoms with E-state index in [1.54, 1.807) is 12.1 Å². The summed E-state index contributed by atoms with van der Waals surface area (Å²) in [6.45, 7) is 2.59. The van der Waals surface area contributed by atoms with Gasteiger partial charge >= 0.3 is 0 Å². The molecule has 16 heavy (non-hydrogen) atoms. The highest BCUT2D eigenvalue weighted by Gasteiger charge is 2.36. The molecule has 1 aromatic rings. The predicted octanol–water partition coefficient (Wildman–Crippen LogP) is 2.04. The second-order valence-electron chi connectivity index (χ2n) is 4.18. The Morgan fingerprint density at radius 1 is 1.44 bits per heavy atom. The third-order valence-electron chi connectivity index (χ3n) is 3.20. The molecule has 2 atom stereocenters.